The van der Waals surface area contributed by atoms with Crippen LogP contribution in [-0.2, 0) is 6.61 Å². The Morgan fingerprint density at radius 3 is 2.67 bits per heavy atom. The molecule has 1 rings (SSSR count). The van der Waals surface area contributed by atoms with Gasteiger partial charge in [-0.15, -0.1) is 0 Å². The van der Waals surface area contributed by atoms with Crippen LogP contribution >= 0.6 is 11.6 Å². The predicted molar refractivity (Wildman–Crippen MR) is 44.3 cm³/mol. The van der Waals surface area contributed by atoms with Crippen LogP contribution in [0, 0.1) is 0 Å². The fraction of sp³-hybridized carbons (Fsp3) is 0.125. The zero-order chi connectivity index (χ0) is 9.14. The lowest BCUT2D eigenvalue weighted by atomic mass is 10.1. The molecule has 0 spiro atoms. The van der Waals surface area contributed by atoms with E-state index in [1.54, 1.807) is 12.1 Å². The molecule has 0 bridgehead atoms. The van der Waals surface area contributed by atoms with Crippen LogP contribution in [-0.4, -0.2) is 16.2 Å². The van der Waals surface area contributed by atoms with E-state index in [1.807, 2.05) is 0 Å². The molecule has 4 heteroatoms. The molecule has 2 N–H and O–H groups in total. The Labute approximate surface area is 74.2 Å². The summed E-state index contributed by atoms with van der Waals surface area (Å²) in [5.41, 5.74) is 0.444. The number of rotatable bonds is 2. The number of hydrogen-bond donors (Lipinski definition) is 2. The highest BCUT2D eigenvalue weighted by atomic mass is 35.5. The first-order valence-electron chi connectivity index (χ1n) is 3.28. The summed E-state index contributed by atoms with van der Waals surface area (Å²) in [5, 5.41) is 17.5. The summed E-state index contributed by atoms with van der Waals surface area (Å²) in [6, 6.07) is 4.51. The molecule has 0 heterocycles. The van der Waals surface area contributed by atoms with E-state index in [-0.39, 0.29) is 17.2 Å². The van der Waals surface area contributed by atoms with Gasteiger partial charge in [-0.2, -0.15) is 0 Å². The molecular formula is C8H7ClO3. The molecule has 0 aliphatic carbocycles. The first-order valence-corrected chi connectivity index (χ1v) is 3.66. The summed E-state index contributed by atoms with van der Waals surface area (Å²) >= 11 is 5.66. The molecule has 0 amide bonds. The Hall–Kier alpha value is -1.06. The molecule has 0 radical (unpaired) electrons. The van der Waals surface area contributed by atoms with Gasteiger partial charge in [0.15, 0.2) is 0 Å². The number of aromatic carboxylic acids is 1. The van der Waals surface area contributed by atoms with Crippen LogP contribution in [0.5, 0.6) is 0 Å². The van der Waals surface area contributed by atoms with E-state index in [0.717, 1.165) is 0 Å². The van der Waals surface area contributed by atoms with Crippen LogP contribution in [0.3, 0.4) is 0 Å². The third-order valence-corrected chi connectivity index (χ3v) is 1.93. The normalized spacial score (nSPS) is 9.83. The van der Waals surface area contributed by atoms with Gasteiger partial charge in [-0.3, -0.25) is 0 Å². The third-order valence-electron chi connectivity index (χ3n) is 1.48. The fourth-order valence-electron chi connectivity index (χ4n) is 0.867. The second-order valence-electron chi connectivity index (χ2n) is 2.24. The van der Waals surface area contributed by atoms with Crippen molar-refractivity contribution in [1.29, 1.82) is 0 Å². The lowest BCUT2D eigenvalue weighted by molar-refractivity contribution is 0.0697. The van der Waals surface area contributed by atoms with Crippen LogP contribution in [0.2, 0.25) is 5.02 Å². The van der Waals surface area contributed by atoms with Crippen molar-refractivity contribution in [3.63, 3.8) is 0 Å². The fourth-order valence-corrected chi connectivity index (χ4v) is 1.13. The van der Waals surface area contributed by atoms with Crippen molar-refractivity contribution in [3.8, 4) is 0 Å². The summed E-state index contributed by atoms with van der Waals surface area (Å²) in [7, 11) is 0. The van der Waals surface area contributed by atoms with Crippen LogP contribution < -0.4 is 0 Å². The van der Waals surface area contributed by atoms with Gasteiger partial charge in [-0.05, 0) is 11.6 Å². The number of carboxylic acids is 1. The van der Waals surface area contributed by atoms with Gasteiger partial charge in [0.25, 0.3) is 0 Å². The standard InChI is InChI=1S/C8H7ClO3/c9-7-5(4-10)2-1-3-6(7)8(11)12/h1-3,10H,4H2,(H,11,12). The predicted octanol–water partition coefficient (Wildman–Crippen LogP) is 1.53. The number of hydrogen-bond acceptors (Lipinski definition) is 2. The molecule has 12 heavy (non-hydrogen) atoms. The van der Waals surface area contributed by atoms with Gasteiger partial charge >= 0.3 is 5.97 Å². The number of benzene rings is 1. The molecule has 0 aliphatic rings. The number of aliphatic hydroxyl groups excluding tert-OH is 1. The first kappa shape index (κ1) is 9.03. The summed E-state index contributed by atoms with van der Waals surface area (Å²) < 4.78 is 0. The van der Waals surface area contributed by atoms with Crippen LogP contribution in [0.15, 0.2) is 18.2 Å². The first-order chi connectivity index (χ1) is 5.66. The Morgan fingerprint density at radius 2 is 2.17 bits per heavy atom. The highest BCUT2D eigenvalue weighted by molar-refractivity contribution is 6.34. The quantitative estimate of drug-likeness (QED) is 0.737. The van der Waals surface area contributed by atoms with Gasteiger partial charge in [-0.1, -0.05) is 23.7 Å². The van der Waals surface area contributed by atoms with Gasteiger partial charge in [-0.25, -0.2) is 4.79 Å². The lowest BCUT2D eigenvalue weighted by Crippen LogP contribution is -1.99. The van der Waals surface area contributed by atoms with Gasteiger partial charge in [0.2, 0.25) is 0 Å². The number of carbonyl (C=O) groups is 1. The molecule has 0 fully saturated rings. The van der Waals surface area contributed by atoms with E-state index in [0.29, 0.717) is 5.56 Å². The molecular weight excluding hydrogens is 180 g/mol. The van der Waals surface area contributed by atoms with E-state index in [2.05, 4.69) is 0 Å². The minimum Gasteiger partial charge on any atom is -0.478 e. The largest absolute Gasteiger partial charge is 0.478 e. The highest BCUT2D eigenvalue weighted by Crippen LogP contribution is 2.20. The Morgan fingerprint density at radius 1 is 1.50 bits per heavy atom. The Bertz CT molecular complexity index is 309. The second-order valence-corrected chi connectivity index (χ2v) is 2.62. The maximum absolute atomic E-state index is 10.5. The van der Waals surface area contributed by atoms with Crippen LogP contribution in [0.4, 0.5) is 0 Å². The summed E-state index contributed by atoms with van der Waals surface area (Å²) in [4.78, 5) is 10.5. The van der Waals surface area contributed by atoms with E-state index in [4.69, 9.17) is 21.8 Å². The molecule has 0 saturated carbocycles. The lowest BCUT2D eigenvalue weighted by Gasteiger charge is -2.02. The monoisotopic (exact) mass is 186 g/mol. The Balaban J connectivity index is 3.23. The molecule has 0 atom stereocenters. The molecule has 3 nitrogen and oxygen atoms in total. The average molecular weight is 187 g/mol. The van der Waals surface area contributed by atoms with E-state index >= 15 is 0 Å². The molecule has 64 valence electrons. The van der Waals surface area contributed by atoms with Crippen molar-refractivity contribution < 1.29 is 15.0 Å². The highest BCUT2D eigenvalue weighted by Gasteiger charge is 2.10. The van der Waals surface area contributed by atoms with E-state index in [9.17, 15) is 4.79 Å². The van der Waals surface area contributed by atoms with Crippen molar-refractivity contribution in [2.24, 2.45) is 0 Å². The molecule has 0 aliphatic heterocycles. The van der Waals surface area contributed by atoms with E-state index in [1.165, 1.54) is 6.07 Å². The summed E-state index contributed by atoms with van der Waals surface area (Å²) in [5.74, 6) is -1.09. The zero-order valence-corrected chi connectivity index (χ0v) is 6.88. The molecule has 0 unspecified atom stereocenters. The zero-order valence-electron chi connectivity index (χ0n) is 6.12. The summed E-state index contributed by atoms with van der Waals surface area (Å²) in [6.07, 6.45) is 0. The van der Waals surface area contributed by atoms with Crippen molar-refractivity contribution >= 4 is 17.6 Å². The Kier molecular flexibility index (Phi) is 2.68. The maximum Gasteiger partial charge on any atom is 0.337 e. The molecule has 0 aromatic heterocycles. The van der Waals surface area contributed by atoms with Crippen molar-refractivity contribution in [3.05, 3.63) is 34.3 Å². The van der Waals surface area contributed by atoms with Gasteiger partial charge in [0, 0.05) is 0 Å². The molecule has 1 aromatic carbocycles. The third kappa shape index (κ3) is 1.57. The number of halogens is 1. The summed E-state index contributed by atoms with van der Waals surface area (Å²) in [6.45, 7) is -0.250. The minimum absolute atomic E-state index is 0.0169. The topological polar surface area (TPSA) is 57.5 Å². The average Bonchev–Trinajstić information content (AvgIpc) is 2.04. The van der Waals surface area contributed by atoms with Crippen LogP contribution in [0.25, 0.3) is 0 Å². The van der Waals surface area contributed by atoms with Gasteiger partial charge in [0.05, 0.1) is 17.2 Å². The van der Waals surface area contributed by atoms with Crippen LogP contribution in [0.1, 0.15) is 15.9 Å². The van der Waals surface area contributed by atoms with Crippen molar-refractivity contribution in [1.82, 2.24) is 0 Å². The minimum atomic E-state index is -1.09. The van der Waals surface area contributed by atoms with Crippen molar-refractivity contribution in [2.75, 3.05) is 0 Å². The van der Waals surface area contributed by atoms with E-state index < -0.39 is 5.97 Å². The van der Waals surface area contributed by atoms with Gasteiger partial charge in [0.1, 0.15) is 0 Å². The van der Waals surface area contributed by atoms with Crippen molar-refractivity contribution in [2.45, 2.75) is 6.61 Å². The molecule has 0 saturated heterocycles. The maximum atomic E-state index is 10.5. The SMILES string of the molecule is O=C(O)c1cccc(CO)c1Cl. The molecule has 1 aromatic rings. The number of carboxylic acid groups (broad SMARTS) is 1. The smallest absolute Gasteiger partial charge is 0.337 e. The second kappa shape index (κ2) is 3.56. The number of aliphatic hydroxyl groups is 1. The van der Waals surface area contributed by atoms with Gasteiger partial charge < -0.3 is 10.2 Å².